The summed E-state index contributed by atoms with van der Waals surface area (Å²) in [6.45, 7) is 1.82. The Morgan fingerprint density at radius 3 is 2.34 bits per heavy atom. The fourth-order valence-corrected chi connectivity index (χ4v) is 3.83. The number of carboxylic acids is 1. The molecule has 1 atom stereocenters. The maximum Gasteiger partial charge on any atom is 0.354 e. The first kappa shape index (κ1) is 23.6. The lowest BCUT2D eigenvalue weighted by molar-refractivity contribution is 0.0647. The molecule has 0 spiro atoms. The zero-order valence-electron chi connectivity index (χ0n) is 16.9. The quantitative estimate of drug-likeness (QED) is 0.441. The molecular weight excluding hydrogens is 461 g/mol. The third kappa shape index (κ3) is 5.23. The summed E-state index contributed by atoms with van der Waals surface area (Å²) in [5.74, 6) is -3.57. The van der Waals surface area contributed by atoms with Gasteiger partial charge in [0, 0.05) is 24.4 Å². The summed E-state index contributed by atoms with van der Waals surface area (Å²) in [7, 11) is 0. The van der Waals surface area contributed by atoms with Crippen LogP contribution in [0.2, 0.25) is 10.0 Å². The first-order chi connectivity index (χ1) is 15.2. The van der Waals surface area contributed by atoms with E-state index >= 15 is 0 Å². The molecular formula is C23H18Cl2F2N2O3. The topological polar surface area (TPSA) is 70.5 Å². The second kappa shape index (κ2) is 10.1. The van der Waals surface area contributed by atoms with Gasteiger partial charge in [-0.25, -0.2) is 18.6 Å². The van der Waals surface area contributed by atoms with Gasteiger partial charge in [-0.1, -0.05) is 48.3 Å². The number of nitrogens with zero attached hydrogens (tertiary/aromatic N) is 2. The summed E-state index contributed by atoms with van der Waals surface area (Å²) in [5.41, 5.74) is 0.775. The normalized spacial score (nSPS) is 11.8. The number of aromatic nitrogens is 1. The van der Waals surface area contributed by atoms with Crippen molar-refractivity contribution >= 4 is 35.1 Å². The predicted molar refractivity (Wildman–Crippen MR) is 117 cm³/mol. The van der Waals surface area contributed by atoms with Gasteiger partial charge < -0.3 is 10.0 Å². The van der Waals surface area contributed by atoms with Crippen molar-refractivity contribution in [1.29, 1.82) is 0 Å². The number of pyridine rings is 1. The molecule has 166 valence electrons. The average molecular weight is 479 g/mol. The number of carbonyl (C=O) groups excluding carboxylic acids is 1. The zero-order chi connectivity index (χ0) is 23.4. The second-order valence-electron chi connectivity index (χ2n) is 7.02. The fourth-order valence-electron chi connectivity index (χ4n) is 3.39. The summed E-state index contributed by atoms with van der Waals surface area (Å²) in [6.07, 6.45) is 1.76. The number of hydrogen-bond acceptors (Lipinski definition) is 3. The van der Waals surface area contributed by atoms with Crippen molar-refractivity contribution in [2.75, 3.05) is 0 Å². The second-order valence-corrected chi connectivity index (χ2v) is 7.80. The van der Waals surface area contributed by atoms with Gasteiger partial charge in [0.15, 0.2) is 0 Å². The Kier molecular flexibility index (Phi) is 7.43. The third-order valence-electron chi connectivity index (χ3n) is 4.87. The van der Waals surface area contributed by atoms with E-state index in [2.05, 4.69) is 4.98 Å². The number of rotatable bonds is 7. The van der Waals surface area contributed by atoms with Crippen LogP contribution in [0.15, 0.2) is 54.7 Å². The van der Waals surface area contributed by atoms with Crippen LogP contribution in [0.1, 0.15) is 51.4 Å². The van der Waals surface area contributed by atoms with Crippen LogP contribution in [-0.2, 0) is 6.54 Å². The van der Waals surface area contributed by atoms with Gasteiger partial charge in [0.1, 0.15) is 17.3 Å². The smallest absolute Gasteiger partial charge is 0.354 e. The number of halogens is 4. The van der Waals surface area contributed by atoms with Crippen molar-refractivity contribution in [2.45, 2.75) is 25.9 Å². The largest absolute Gasteiger partial charge is 0.477 e. The molecule has 0 radical (unpaired) electrons. The summed E-state index contributed by atoms with van der Waals surface area (Å²) in [5, 5.41) is 9.62. The van der Waals surface area contributed by atoms with Gasteiger partial charge in [-0.15, -0.1) is 0 Å². The number of benzene rings is 2. The maximum absolute atomic E-state index is 13.8. The van der Waals surface area contributed by atoms with Gasteiger partial charge in [0.05, 0.1) is 16.1 Å². The molecule has 1 N–H and O–H groups in total. The zero-order valence-corrected chi connectivity index (χ0v) is 18.4. The Hall–Kier alpha value is -3.03. The van der Waals surface area contributed by atoms with E-state index in [1.54, 1.807) is 18.2 Å². The van der Waals surface area contributed by atoms with Crippen LogP contribution in [0, 0.1) is 11.6 Å². The van der Waals surface area contributed by atoms with Crippen molar-refractivity contribution in [3.05, 3.63) is 98.8 Å². The highest BCUT2D eigenvalue weighted by Crippen LogP contribution is 2.36. The Morgan fingerprint density at radius 2 is 1.78 bits per heavy atom. The molecule has 3 aromatic rings. The van der Waals surface area contributed by atoms with Crippen LogP contribution in [0.4, 0.5) is 8.78 Å². The molecule has 1 heterocycles. The predicted octanol–water partition coefficient (Wildman–Crippen LogP) is 6.16. The third-order valence-corrected chi connectivity index (χ3v) is 5.70. The van der Waals surface area contributed by atoms with Crippen LogP contribution < -0.4 is 0 Å². The van der Waals surface area contributed by atoms with Crippen LogP contribution in [0.3, 0.4) is 0 Å². The molecule has 3 rings (SSSR count). The molecule has 1 aromatic heterocycles. The summed E-state index contributed by atoms with van der Waals surface area (Å²) < 4.78 is 27.6. The van der Waals surface area contributed by atoms with Crippen molar-refractivity contribution in [3.8, 4) is 0 Å². The fraction of sp³-hybridized carbons (Fsp3) is 0.174. The molecule has 0 fully saturated rings. The summed E-state index contributed by atoms with van der Waals surface area (Å²) in [4.78, 5) is 29.8. The lowest BCUT2D eigenvalue weighted by Crippen LogP contribution is -2.34. The lowest BCUT2D eigenvalue weighted by Gasteiger charge is -2.32. The molecule has 2 aromatic carbocycles. The number of hydrogen-bond donors (Lipinski definition) is 1. The highest BCUT2D eigenvalue weighted by molar-refractivity contribution is 6.42. The monoisotopic (exact) mass is 478 g/mol. The van der Waals surface area contributed by atoms with Crippen molar-refractivity contribution in [1.82, 2.24) is 9.88 Å². The lowest BCUT2D eigenvalue weighted by atomic mass is 10.00. The van der Waals surface area contributed by atoms with Crippen molar-refractivity contribution < 1.29 is 23.5 Å². The van der Waals surface area contributed by atoms with Crippen LogP contribution >= 0.6 is 23.2 Å². The van der Waals surface area contributed by atoms with Gasteiger partial charge >= 0.3 is 5.97 Å². The van der Waals surface area contributed by atoms with E-state index in [0.717, 1.165) is 12.1 Å². The van der Waals surface area contributed by atoms with Crippen LogP contribution in [-0.4, -0.2) is 26.9 Å². The van der Waals surface area contributed by atoms with E-state index in [1.165, 1.54) is 23.2 Å². The molecule has 0 aliphatic heterocycles. The molecule has 0 unspecified atom stereocenters. The molecule has 5 nitrogen and oxygen atoms in total. The molecule has 0 saturated carbocycles. The Labute approximate surface area is 193 Å². The minimum atomic E-state index is -1.18. The number of carboxylic acid groups (broad SMARTS) is 1. The van der Waals surface area contributed by atoms with Gasteiger partial charge in [-0.3, -0.25) is 4.79 Å². The molecule has 0 bridgehead atoms. The van der Waals surface area contributed by atoms with Gasteiger partial charge in [0.2, 0.25) is 0 Å². The van der Waals surface area contributed by atoms with E-state index in [9.17, 15) is 18.4 Å². The minimum absolute atomic E-state index is 0.00872. The van der Waals surface area contributed by atoms with Crippen LogP contribution in [0.25, 0.3) is 0 Å². The molecule has 9 heteroatoms. The SMILES string of the molecule is CC[C@H](c1cccc(Cl)c1Cl)N(Cc1ccc(C(=O)O)nc1)C(=O)c1cc(F)cc(F)c1. The van der Waals surface area contributed by atoms with E-state index in [0.29, 0.717) is 28.6 Å². The Morgan fingerprint density at radius 1 is 1.09 bits per heavy atom. The molecule has 0 aliphatic carbocycles. The summed E-state index contributed by atoms with van der Waals surface area (Å²) in [6, 6.07) is 9.88. The van der Waals surface area contributed by atoms with Crippen molar-refractivity contribution in [3.63, 3.8) is 0 Å². The summed E-state index contributed by atoms with van der Waals surface area (Å²) >= 11 is 12.6. The van der Waals surface area contributed by atoms with E-state index < -0.39 is 29.6 Å². The minimum Gasteiger partial charge on any atom is -0.477 e. The van der Waals surface area contributed by atoms with Gasteiger partial charge in [-0.2, -0.15) is 0 Å². The molecule has 0 aliphatic rings. The van der Waals surface area contributed by atoms with Gasteiger partial charge in [-0.05, 0) is 41.8 Å². The number of aromatic carboxylic acids is 1. The Balaban J connectivity index is 2.07. The van der Waals surface area contributed by atoms with Crippen LogP contribution in [0.5, 0.6) is 0 Å². The first-order valence-corrected chi connectivity index (χ1v) is 10.4. The van der Waals surface area contributed by atoms with E-state index in [4.69, 9.17) is 28.3 Å². The molecule has 0 saturated heterocycles. The highest BCUT2D eigenvalue weighted by atomic mass is 35.5. The van der Waals surface area contributed by atoms with Gasteiger partial charge in [0.25, 0.3) is 5.91 Å². The van der Waals surface area contributed by atoms with E-state index in [-0.39, 0.29) is 22.8 Å². The number of amides is 1. The first-order valence-electron chi connectivity index (χ1n) is 9.60. The maximum atomic E-state index is 13.8. The average Bonchev–Trinajstić information content (AvgIpc) is 2.75. The molecule has 1 amide bonds. The highest BCUT2D eigenvalue weighted by Gasteiger charge is 2.28. The number of carbonyl (C=O) groups is 2. The van der Waals surface area contributed by atoms with E-state index in [1.807, 2.05) is 6.92 Å². The van der Waals surface area contributed by atoms with Crippen molar-refractivity contribution in [2.24, 2.45) is 0 Å². The molecule has 32 heavy (non-hydrogen) atoms. The Bertz CT molecular complexity index is 1140. The standard InChI is InChI=1S/C23H18Cl2F2N2O3/c1-2-20(17-4-3-5-18(24)21(17)25)29(12-13-6-7-19(23(31)32)28-11-13)22(30)14-8-15(26)10-16(27)9-14/h3-11,20H,2,12H2,1H3,(H,31,32)/t20-/m1/s1.